The molecule has 3 nitrogen and oxygen atoms in total. The van der Waals surface area contributed by atoms with Crippen LogP contribution >= 0.6 is 35.9 Å². The van der Waals surface area contributed by atoms with E-state index in [0.717, 1.165) is 21.1 Å². The van der Waals surface area contributed by atoms with Gasteiger partial charge >= 0.3 is 0 Å². The fraction of sp³-hybridized carbons (Fsp3) is 0.278. The van der Waals surface area contributed by atoms with E-state index in [1.54, 1.807) is 35.7 Å². The molecule has 0 aliphatic carbocycles. The molecule has 1 unspecified atom stereocenters. The molecule has 0 saturated carbocycles. The number of halogens is 2. The molecule has 0 aliphatic rings. The van der Waals surface area contributed by atoms with E-state index in [2.05, 4.69) is 5.32 Å². The molecule has 0 radical (unpaired) electrons. The normalized spacial score (nSPS) is 11.5. The van der Waals surface area contributed by atoms with E-state index in [1.807, 2.05) is 30.5 Å². The zero-order valence-electron chi connectivity index (χ0n) is 13.9. The van der Waals surface area contributed by atoms with Gasteiger partial charge in [0.05, 0.1) is 6.04 Å². The van der Waals surface area contributed by atoms with Gasteiger partial charge in [0, 0.05) is 16.3 Å². The minimum Gasteiger partial charge on any atom is -0.351 e. The van der Waals surface area contributed by atoms with Gasteiger partial charge in [-0.05, 0) is 60.4 Å². The number of rotatable bonds is 8. The Balaban J connectivity index is 0.00000312. The van der Waals surface area contributed by atoms with Gasteiger partial charge in [0.25, 0.3) is 0 Å². The molecule has 2 aromatic carbocycles. The first-order chi connectivity index (χ1) is 11.6. The standard InChI is InChI=1S/C18H21FN2OS2.ClH/c1-23-11-10-17(20)18(22)21-12-13-2-6-15(7-3-13)24-16-8-4-14(19)5-9-16;/h2-9,17H,10-12,20H2,1H3,(H,21,22);1H. The third-order valence-electron chi connectivity index (χ3n) is 3.41. The zero-order chi connectivity index (χ0) is 17.4. The fourth-order valence-corrected chi connectivity index (χ4v) is 3.32. The van der Waals surface area contributed by atoms with Gasteiger partial charge < -0.3 is 11.1 Å². The molecule has 25 heavy (non-hydrogen) atoms. The highest BCUT2D eigenvalue weighted by Gasteiger charge is 2.12. The molecule has 2 rings (SSSR count). The minimum absolute atomic E-state index is 0. The van der Waals surface area contributed by atoms with Crippen molar-refractivity contribution in [2.45, 2.75) is 28.8 Å². The highest BCUT2D eigenvalue weighted by atomic mass is 35.5. The van der Waals surface area contributed by atoms with Gasteiger partial charge in [-0.3, -0.25) is 4.79 Å². The maximum absolute atomic E-state index is 12.9. The highest BCUT2D eigenvalue weighted by Crippen LogP contribution is 2.27. The van der Waals surface area contributed by atoms with Crippen molar-refractivity contribution in [3.63, 3.8) is 0 Å². The largest absolute Gasteiger partial charge is 0.351 e. The first-order valence-corrected chi connectivity index (χ1v) is 9.84. The van der Waals surface area contributed by atoms with Crippen LogP contribution in [0.2, 0.25) is 0 Å². The highest BCUT2D eigenvalue weighted by molar-refractivity contribution is 7.99. The molecule has 0 aromatic heterocycles. The lowest BCUT2D eigenvalue weighted by molar-refractivity contribution is -0.122. The van der Waals surface area contributed by atoms with E-state index in [9.17, 15) is 9.18 Å². The van der Waals surface area contributed by atoms with Gasteiger partial charge in [0.2, 0.25) is 5.91 Å². The van der Waals surface area contributed by atoms with Crippen molar-refractivity contribution in [3.05, 3.63) is 59.9 Å². The molecule has 0 aliphatic heterocycles. The van der Waals surface area contributed by atoms with E-state index in [1.165, 1.54) is 12.1 Å². The van der Waals surface area contributed by atoms with Crippen molar-refractivity contribution in [2.75, 3.05) is 12.0 Å². The predicted molar refractivity (Wildman–Crippen MR) is 107 cm³/mol. The average Bonchev–Trinajstić information content (AvgIpc) is 2.60. The van der Waals surface area contributed by atoms with Crippen molar-refractivity contribution >= 4 is 41.8 Å². The Labute approximate surface area is 162 Å². The molecule has 0 spiro atoms. The summed E-state index contributed by atoms with van der Waals surface area (Å²) in [5.74, 6) is 0.527. The number of nitrogens with two attached hydrogens (primary N) is 1. The SMILES string of the molecule is CSCCC(N)C(=O)NCc1ccc(Sc2ccc(F)cc2)cc1.Cl. The van der Waals surface area contributed by atoms with Crippen molar-refractivity contribution < 1.29 is 9.18 Å². The first-order valence-electron chi connectivity index (χ1n) is 7.63. The zero-order valence-corrected chi connectivity index (χ0v) is 16.4. The third kappa shape index (κ3) is 7.69. The Kier molecular flexibility index (Phi) is 9.97. The van der Waals surface area contributed by atoms with Gasteiger partial charge in [-0.2, -0.15) is 11.8 Å². The average molecular weight is 401 g/mol. The maximum atomic E-state index is 12.9. The summed E-state index contributed by atoms with van der Waals surface area (Å²) in [5, 5.41) is 2.86. The lowest BCUT2D eigenvalue weighted by atomic mass is 10.2. The molecule has 1 atom stereocenters. The topological polar surface area (TPSA) is 55.1 Å². The summed E-state index contributed by atoms with van der Waals surface area (Å²) in [4.78, 5) is 13.9. The van der Waals surface area contributed by atoms with Crippen LogP contribution in [0, 0.1) is 5.82 Å². The summed E-state index contributed by atoms with van der Waals surface area (Å²) in [7, 11) is 0. The number of nitrogens with one attached hydrogen (secondary N) is 1. The van der Waals surface area contributed by atoms with Gasteiger partial charge in [0.1, 0.15) is 5.82 Å². The van der Waals surface area contributed by atoms with Crippen molar-refractivity contribution in [3.8, 4) is 0 Å². The number of amides is 1. The van der Waals surface area contributed by atoms with Crippen LogP contribution in [0.4, 0.5) is 4.39 Å². The van der Waals surface area contributed by atoms with Crippen molar-refractivity contribution in [1.82, 2.24) is 5.32 Å². The fourth-order valence-electron chi connectivity index (χ4n) is 2.01. The molecular weight excluding hydrogens is 379 g/mol. The number of carbonyl (C=O) groups excluding carboxylic acids is 1. The van der Waals surface area contributed by atoms with E-state index in [-0.39, 0.29) is 24.1 Å². The Morgan fingerprint density at radius 2 is 1.68 bits per heavy atom. The summed E-state index contributed by atoms with van der Waals surface area (Å²) < 4.78 is 12.9. The van der Waals surface area contributed by atoms with Crippen molar-refractivity contribution in [1.29, 1.82) is 0 Å². The second-order valence-corrected chi connectivity index (χ2v) is 7.44. The third-order valence-corrected chi connectivity index (χ3v) is 5.07. The van der Waals surface area contributed by atoms with Crippen LogP contribution < -0.4 is 11.1 Å². The Morgan fingerprint density at radius 3 is 2.24 bits per heavy atom. The lowest BCUT2D eigenvalue weighted by Gasteiger charge is -2.12. The van der Waals surface area contributed by atoms with E-state index in [4.69, 9.17) is 5.73 Å². The second kappa shape index (κ2) is 11.4. The van der Waals surface area contributed by atoms with E-state index < -0.39 is 6.04 Å². The van der Waals surface area contributed by atoms with Gasteiger partial charge in [-0.15, -0.1) is 12.4 Å². The molecule has 2 aromatic rings. The molecule has 3 N–H and O–H groups in total. The molecule has 136 valence electrons. The second-order valence-electron chi connectivity index (χ2n) is 5.31. The number of hydrogen-bond acceptors (Lipinski definition) is 4. The van der Waals surface area contributed by atoms with E-state index >= 15 is 0 Å². The quantitative estimate of drug-likeness (QED) is 0.700. The van der Waals surface area contributed by atoms with Crippen LogP contribution in [0.1, 0.15) is 12.0 Å². The summed E-state index contributed by atoms with van der Waals surface area (Å²) in [6.45, 7) is 0.466. The van der Waals surface area contributed by atoms with Crippen LogP contribution in [0.25, 0.3) is 0 Å². The smallest absolute Gasteiger partial charge is 0.237 e. The number of thioether (sulfide) groups is 1. The molecule has 0 bridgehead atoms. The summed E-state index contributed by atoms with van der Waals surface area (Å²) >= 11 is 3.25. The maximum Gasteiger partial charge on any atom is 0.237 e. The lowest BCUT2D eigenvalue weighted by Crippen LogP contribution is -2.40. The molecule has 7 heteroatoms. The van der Waals surface area contributed by atoms with Crippen LogP contribution in [0.5, 0.6) is 0 Å². The number of carbonyl (C=O) groups is 1. The molecule has 0 fully saturated rings. The van der Waals surface area contributed by atoms with Crippen LogP contribution in [-0.4, -0.2) is 24.0 Å². The Hall–Kier alpha value is -1.21. The molecule has 0 heterocycles. The number of hydrogen-bond donors (Lipinski definition) is 2. The van der Waals surface area contributed by atoms with Gasteiger partial charge in [-0.25, -0.2) is 4.39 Å². The van der Waals surface area contributed by atoms with E-state index in [0.29, 0.717) is 13.0 Å². The Bertz CT molecular complexity index is 653. The van der Waals surface area contributed by atoms with Crippen molar-refractivity contribution in [2.24, 2.45) is 5.73 Å². The van der Waals surface area contributed by atoms with Gasteiger partial charge in [0.15, 0.2) is 0 Å². The van der Waals surface area contributed by atoms with Crippen LogP contribution in [0.3, 0.4) is 0 Å². The summed E-state index contributed by atoms with van der Waals surface area (Å²) in [6, 6.07) is 13.9. The number of benzene rings is 2. The summed E-state index contributed by atoms with van der Waals surface area (Å²) in [5.41, 5.74) is 6.85. The minimum atomic E-state index is -0.453. The van der Waals surface area contributed by atoms with Crippen LogP contribution in [0.15, 0.2) is 58.3 Å². The monoisotopic (exact) mass is 400 g/mol. The van der Waals surface area contributed by atoms with Crippen LogP contribution in [-0.2, 0) is 11.3 Å². The predicted octanol–water partition coefficient (Wildman–Crippen LogP) is 4.10. The van der Waals surface area contributed by atoms with Gasteiger partial charge in [-0.1, -0.05) is 23.9 Å². The molecule has 1 amide bonds. The Morgan fingerprint density at radius 1 is 1.12 bits per heavy atom. The summed E-state index contributed by atoms with van der Waals surface area (Å²) in [6.07, 6.45) is 2.68. The molecular formula is C18H22ClFN2OS2. The first kappa shape index (κ1) is 21.8. The molecule has 0 saturated heterocycles.